The zero-order valence-electron chi connectivity index (χ0n) is 22.6. The first-order valence-electron chi connectivity index (χ1n) is 12.7. The summed E-state index contributed by atoms with van der Waals surface area (Å²) in [6.45, 7) is 5.54. The smallest absolute Gasteiger partial charge is 0.264 e. The van der Waals surface area contributed by atoms with Gasteiger partial charge in [-0.15, -0.1) is 0 Å². The molecule has 0 aliphatic rings. The number of likely N-dealkylation sites (N-methyl/N-ethyl adjacent to an activating group) is 1. The Morgan fingerprint density at radius 3 is 2.23 bits per heavy atom. The number of methoxy groups -OCH3 is 1. The zero-order valence-corrected chi connectivity index (χ0v) is 25.0. The number of carbonyl (C=O) groups excluding carboxylic acids is 2. The number of halogens is 1. The van der Waals surface area contributed by atoms with Crippen LogP contribution < -0.4 is 14.4 Å². The summed E-state index contributed by atoms with van der Waals surface area (Å²) in [7, 11) is -2.55. The fourth-order valence-corrected chi connectivity index (χ4v) is 5.93. The quantitative estimate of drug-likeness (QED) is 0.312. The molecule has 0 bridgehead atoms. The van der Waals surface area contributed by atoms with E-state index in [2.05, 4.69) is 21.2 Å². The van der Waals surface area contributed by atoms with E-state index in [1.54, 1.807) is 55.6 Å². The molecule has 39 heavy (non-hydrogen) atoms. The Hall–Kier alpha value is -3.37. The second kappa shape index (κ2) is 13.6. The van der Waals surface area contributed by atoms with E-state index in [9.17, 15) is 18.0 Å². The van der Waals surface area contributed by atoms with Crippen LogP contribution in [0.15, 0.2) is 82.2 Å². The molecular formula is C29H34BrN3O5S. The van der Waals surface area contributed by atoms with E-state index < -0.39 is 28.5 Å². The predicted molar refractivity (Wildman–Crippen MR) is 156 cm³/mol. The number of hydrogen-bond donors (Lipinski definition) is 1. The molecule has 0 unspecified atom stereocenters. The van der Waals surface area contributed by atoms with E-state index in [1.165, 1.54) is 17.0 Å². The Morgan fingerprint density at radius 2 is 1.67 bits per heavy atom. The van der Waals surface area contributed by atoms with E-state index >= 15 is 0 Å². The molecular weight excluding hydrogens is 582 g/mol. The van der Waals surface area contributed by atoms with Crippen molar-refractivity contribution >= 4 is 43.5 Å². The van der Waals surface area contributed by atoms with Crippen LogP contribution in [0.1, 0.15) is 31.4 Å². The summed E-state index contributed by atoms with van der Waals surface area (Å²) in [4.78, 5) is 28.5. The van der Waals surface area contributed by atoms with Crippen LogP contribution in [0.4, 0.5) is 5.69 Å². The Kier molecular flexibility index (Phi) is 10.5. The molecule has 0 aromatic heterocycles. The maximum atomic E-state index is 14.0. The minimum atomic E-state index is -4.11. The van der Waals surface area contributed by atoms with Crippen LogP contribution >= 0.6 is 15.9 Å². The first-order valence-corrected chi connectivity index (χ1v) is 14.9. The van der Waals surface area contributed by atoms with Gasteiger partial charge >= 0.3 is 0 Å². The second-order valence-electron chi connectivity index (χ2n) is 8.99. The summed E-state index contributed by atoms with van der Waals surface area (Å²) >= 11 is 3.40. The monoisotopic (exact) mass is 615 g/mol. The summed E-state index contributed by atoms with van der Waals surface area (Å²) < 4.78 is 34.7. The normalized spacial score (nSPS) is 11.9. The van der Waals surface area contributed by atoms with Gasteiger partial charge in [-0.05, 0) is 68.3 Å². The van der Waals surface area contributed by atoms with E-state index in [4.69, 9.17) is 4.74 Å². The first-order chi connectivity index (χ1) is 18.6. The molecule has 3 rings (SSSR count). The SMILES string of the molecule is CCNC(=O)[C@@H](CC)N(Cc1ccc(OC)cc1)C(=O)CN(c1cccc(Br)c1)S(=O)(=O)c1ccc(C)cc1. The molecule has 208 valence electrons. The number of aryl methyl sites for hydroxylation is 1. The highest BCUT2D eigenvalue weighted by molar-refractivity contribution is 9.10. The van der Waals surface area contributed by atoms with Crippen molar-refractivity contribution in [1.82, 2.24) is 10.2 Å². The van der Waals surface area contributed by atoms with Crippen molar-refractivity contribution in [2.24, 2.45) is 0 Å². The van der Waals surface area contributed by atoms with Gasteiger partial charge in [-0.25, -0.2) is 8.42 Å². The lowest BCUT2D eigenvalue weighted by molar-refractivity contribution is -0.140. The van der Waals surface area contributed by atoms with Gasteiger partial charge in [0, 0.05) is 17.6 Å². The number of amides is 2. The lowest BCUT2D eigenvalue weighted by Crippen LogP contribution is -2.52. The largest absolute Gasteiger partial charge is 0.497 e. The number of rotatable bonds is 12. The highest BCUT2D eigenvalue weighted by atomic mass is 79.9. The number of benzene rings is 3. The van der Waals surface area contributed by atoms with Crippen LogP contribution in [0.5, 0.6) is 5.75 Å². The minimum Gasteiger partial charge on any atom is -0.497 e. The van der Waals surface area contributed by atoms with E-state index in [1.807, 2.05) is 32.9 Å². The van der Waals surface area contributed by atoms with Gasteiger partial charge in [-0.1, -0.05) is 58.7 Å². The second-order valence-corrected chi connectivity index (χ2v) is 11.8. The van der Waals surface area contributed by atoms with Crippen molar-refractivity contribution < 1.29 is 22.7 Å². The van der Waals surface area contributed by atoms with Crippen molar-refractivity contribution in [3.63, 3.8) is 0 Å². The molecule has 2 amide bonds. The van der Waals surface area contributed by atoms with Crippen molar-refractivity contribution in [3.8, 4) is 5.75 Å². The highest BCUT2D eigenvalue weighted by Gasteiger charge is 2.33. The van der Waals surface area contributed by atoms with Crippen molar-refractivity contribution in [2.75, 3.05) is 24.5 Å². The Bertz CT molecular complexity index is 1380. The molecule has 10 heteroatoms. The fraction of sp³-hybridized carbons (Fsp3) is 0.310. The molecule has 0 heterocycles. The molecule has 8 nitrogen and oxygen atoms in total. The number of nitrogens with one attached hydrogen (secondary N) is 1. The van der Waals surface area contributed by atoms with Crippen molar-refractivity contribution in [1.29, 1.82) is 0 Å². The molecule has 0 saturated heterocycles. The van der Waals surface area contributed by atoms with Crippen LogP contribution in [0.25, 0.3) is 0 Å². The van der Waals surface area contributed by atoms with Gasteiger partial charge in [0.1, 0.15) is 18.3 Å². The fourth-order valence-electron chi connectivity index (χ4n) is 4.14. The van der Waals surface area contributed by atoms with Gasteiger partial charge in [-0.3, -0.25) is 13.9 Å². The summed E-state index contributed by atoms with van der Waals surface area (Å²) in [6.07, 6.45) is 0.356. The molecule has 3 aromatic carbocycles. The number of hydrogen-bond acceptors (Lipinski definition) is 5. The van der Waals surface area contributed by atoms with Crippen LogP contribution in [0, 0.1) is 6.92 Å². The molecule has 1 atom stereocenters. The van der Waals surface area contributed by atoms with Crippen molar-refractivity contribution in [2.45, 2.75) is 44.7 Å². The molecule has 1 N–H and O–H groups in total. The number of nitrogens with zero attached hydrogens (tertiary/aromatic N) is 2. The number of sulfonamides is 1. The van der Waals surface area contributed by atoms with Crippen molar-refractivity contribution in [3.05, 3.63) is 88.4 Å². The molecule has 0 radical (unpaired) electrons. The van der Waals surface area contributed by atoms with Gasteiger partial charge in [0.05, 0.1) is 17.7 Å². The van der Waals surface area contributed by atoms with Crippen LogP contribution in [0.3, 0.4) is 0 Å². The minimum absolute atomic E-state index is 0.0679. The molecule has 0 aliphatic carbocycles. The van der Waals surface area contributed by atoms with Gasteiger partial charge < -0.3 is 15.0 Å². The van der Waals surface area contributed by atoms with Gasteiger partial charge in [0.15, 0.2) is 0 Å². The van der Waals surface area contributed by atoms with Crippen LogP contribution in [-0.4, -0.2) is 51.4 Å². The number of anilines is 1. The third-order valence-corrected chi connectivity index (χ3v) is 8.51. The summed E-state index contributed by atoms with van der Waals surface area (Å²) in [5.74, 6) is -0.130. The van der Waals surface area contributed by atoms with E-state index in [0.29, 0.717) is 28.9 Å². The average Bonchev–Trinajstić information content (AvgIpc) is 2.92. The van der Waals surface area contributed by atoms with E-state index in [-0.39, 0.29) is 17.3 Å². The first kappa shape index (κ1) is 30.2. The predicted octanol–water partition coefficient (Wildman–Crippen LogP) is 4.90. The summed E-state index contributed by atoms with van der Waals surface area (Å²) in [5.41, 5.74) is 2.02. The Labute approximate surface area is 239 Å². The molecule has 0 spiro atoms. The third-order valence-electron chi connectivity index (χ3n) is 6.23. The summed E-state index contributed by atoms with van der Waals surface area (Å²) in [6, 6.07) is 19.7. The third kappa shape index (κ3) is 7.60. The lowest BCUT2D eigenvalue weighted by atomic mass is 10.1. The zero-order chi connectivity index (χ0) is 28.6. The molecule has 0 saturated carbocycles. The van der Waals surface area contributed by atoms with Crippen LogP contribution in [0.2, 0.25) is 0 Å². The highest BCUT2D eigenvalue weighted by Crippen LogP contribution is 2.27. The van der Waals surface area contributed by atoms with Crippen LogP contribution in [-0.2, 0) is 26.2 Å². The topological polar surface area (TPSA) is 96.0 Å². The maximum absolute atomic E-state index is 14.0. The maximum Gasteiger partial charge on any atom is 0.264 e. The standard InChI is InChI=1S/C29H34BrN3O5S/c1-5-27(29(35)31-6-2)32(19-22-12-14-25(38-4)15-13-22)28(34)20-33(24-9-7-8-23(30)18-24)39(36,37)26-16-10-21(3)11-17-26/h7-18,27H,5-6,19-20H2,1-4H3,(H,31,35)/t27-/m1/s1. The number of carbonyl (C=O) groups is 2. The van der Waals surface area contributed by atoms with Gasteiger partial charge in [0.25, 0.3) is 10.0 Å². The number of ether oxygens (including phenoxy) is 1. The molecule has 3 aromatic rings. The average molecular weight is 617 g/mol. The van der Waals surface area contributed by atoms with Gasteiger partial charge in [-0.2, -0.15) is 0 Å². The lowest BCUT2D eigenvalue weighted by Gasteiger charge is -2.33. The molecule has 0 fully saturated rings. The Morgan fingerprint density at radius 1 is 1.00 bits per heavy atom. The van der Waals surface area contributed by atoms with Gasteiger partial charge in [0.2, 0.25) is 11.8 Å². The Balaban J connectivity index is 2.05. The summed E-state index contributed by atoms with van der Waals surface area (Å²) in [5, 5.41) is 2.80. The molecule has 0 aliphatic heterocycles. The van der Waals surface area contributed by atoms with E-state index in [0.717, 1.165) is 15.4 Å².